The van der Waals surface area contributed by atoms with E-state index in [0.717, 1.165) is 5.56 Å². The van der Waals surface area contributed by atoms with Gasteiger partial charge in [-0.25, -0.2) is 0 Å². The van der Waals surface area contributed by atoms with Gasteiger partial charge in [-0.1, -0.05) is 74.5 Å². The number of carbonyl (C=O) groups excluding carboxylic acids is 2. The number of hydrogen-bond acceptors (Lipinski definition) is 2. The molecule has 2 nitrogen and oxygen atoms in total. The number of ketones is 2. The third kappa shape index (κ3) is 4.39. The summed E-state index contributed by atoms with van der Waals surface area (Å²) in [6, 6.07) is 19.1. The Morgan fingerprint density at radius 2 is 1.36 bits per heavy atom. The first-order valence-corrected chi connectivity index (χ1v) is 7.74. The summed E-state index contributed by atoms with van der Waals surface area (Å²) in [7, 11) is 0. The maximum atomic E-state index is 12.5. The van der Waals surface area contributed by atoms with Crippen molar-refractivity contribution in [3.8, 4) is 0 Å². The standard InChI is InChI=1S/C20H22O2/c1-15(2)19(21)13-18(16-9-5-3-6-10-16)14-20(22)17-11-7-4-8-12-17/h3-12,15,18H,13-14H2,1-2H3. The molecule has 0 aromatic heterocycles. The van der Waals surface area contributed by atoms with Crippen molar-refractivity contribution in [2.75, 3.05) is 0 Å². The molecule has 0 radical (unpaired) electrons. The van der Waals surface area contributed by atoms with Crippen LogP contribution in [0.5, 0.6) is 0 Å². The molecule has 0 N–H and O–H groups in total. The van der Waals surface area contributed by atoms with Crippen LogP contribution in [0.2, 0.25) is 0 Å². The summed E-state index contributed by atoms with van der Waals surface area (Å²) in [6.07, 6.45) is 0.784. The molecule has 0 aliphatic heterocycles. The van der Waals surface area contributed by atoms with Crippen LogP contribution in [0.25, 0.3) is 0 Å². The molecular weight excluding hydrogens is 272 g/mol. The molecule has 2 aromatic rings. The Morgan fingerprint density at radius 1 is 0.818 bits per heavy atom. The van der Waals surface area contributed by atoms with E-state index < -0.39 is 0 Å². The van der Waals surface area contributed by atoms with E-state index in [2.05, 4.69) is 0 Å². The molecule has 1 unspecified atom stereocenters. The maximum absolute atomic E-state index is 12.5. The van der Waals surface area contributed by atoms with Crippen molar-refractivity contribution in [1.82, 2.24) is 0 Å². The van der Waals surface area contributed by atoms with Gasteiger partial charge in [0.05, 0.1) is 0 Å². The molecular formula is C20H22O2. The molecule has 0 saturated heterocycles. The second-order valence-electron chi connectivity index (χ2n) is 5.93. The lowest BCUT2D eigenvalue weighted by Crippen LogP contribution is -2.15. The number of carbonyl (C=O) groups is 2. The van der Waals surface area contributed by atoms with Crippen LogP contribution in [0, 0.1) is 5.92 Å². The molecule has 0 saturated carbocycles. The minimum absolute atomic E-state index is 0.00182. The van der Waals surface area contributed by atoms with Gasteiger partial charge in [0.2, 0.25) is 0 Å². The summed E-state index contributed by atoms with van der Waals surface area (Å²) in [5.74, 6) is 0.238. The Hall–Kier alpha value is -2.22. The fourth-order valence-electron chi connectivity index (χ4n) is 2.48. The lowest BCUT2D eigenvalue weighted by atomic mass is 9.85. The van der Waals surface area contributed by atoms with E-state index in [0.29, 0.717) is 18.4 Å². The third-order valence-electron chi connectivity index (χ3n) is 3.89. The molecule has 0 aliphatic carbocycles. The molecule has 0 bridgehead atoms. The topological polar surface area (TPSA) is 34.1 Å². The Balaban J connectivity index is 2.18. The third-order valence-corrected chi connectivity index (χ3v) is 3.89. The maximum Gasteiger partial charge on any atom is 0.163 e. The second-order valence-corrected chi connectivity index (χ2v) is 5.93. The zero-order chi connectivity index (χ0) is 15.9. The van der Waals surface area contributed by atoms with Crippen LogP contribution in [0.15, 0.2) is 60.7 Å². The fraction of sp³-hybridized carbons (Fsp3) is 0.300. The van der Waals surface area contributed by atoms with E-state index >= 15 is 0 Å². The minimum Gasteiger partial charge on any atom is -0.299 e. The van der Waals surface area contributed by atoms with Gasteiger partial charge < -0.3 is 0 Å². The first-order chi connectivity index (χ1) is 10.6. The van der Waals surface area contributed by atoms with Gasteiger partial charge >= 0.3 is 0 Å². The van der Waals surface area contributed by atoms with Gasteiger partial charge in [0.25, 0.3) is 0 Å². The van der Waals surface area contributed by atoms with Gasteiger partial charge in [0.1, 0.15) is 5.78 Å². The van der Waals surface area contributed by atoms with E-state index in [1.165, 1.54) is 0 Å². The molecule has 22 heavy (non-hydrogen) atoms. The summed E-state index contributed by atoms with van der Waals surface area (Å²) < 4.78 is 0. The highest BCUT2D eigenvalue weighted by atomic mass is 16.1. The van der Waals surface area contributed by atoms with E-state index in [1.54, 1.807) is 0 Å². The largest absolute Gasteiger partial charge is 0.299 e. The lowest BCUT2D eigenvalue weighted by molar-refractivity contribution is -0.122. The van der Waals surface area contributed by atoms with Crippen molar-refractivity contribution in [1.29, 1.82) is 0 Å². The molecule has 2 heteroatoms. The van der Waals surface area contributed by atoms with E-state index in [1.807, 2.05) is 74.5 Å². The van der Waals surface area contributed by atoms with Crippen LogP contribution < -0.4 is 0 Å². The number of rotatable bonds is 7. The zero-order valence-corrected chi connectivity index (χ0v) is 13.2. The summed E-state index contributed by atoms with van der Waals surface area (Å²) in [5, 5.41) is 0. The number of hydrogen-bond donors (Lipinski definition) is 0. The Kier molecular flexibility index (Phi) is 5.65. The molecule has 1 atom stereocenters. The minimum atomic E-state index is -0.0520. The van der Waals surface area contributed by atoms with Gasteiger partial charge in [-0.05, 0) is 11.5 Å². The lowest BCUT2D eigenvalue weighted by Gasteiger charge is -2.17. The van der Waals surface area contributed by atoms with E-state index in [9.17, 15) is 9.59 Å². The van der Waals surface area contributed by atoms with Crippen LogP contribution >= 0.6 is 0 Å². The molecule has 0 spiro atoms. The molecule has 0 aliphatic rings. The van der Waals surface area contributed by atoms with E-state index in [4.69, 9.17) is 0 Å². The highest BCUT2D eigenvalue weighted by Crippen LogP contribution is 2.26. The Morgan fingerprint density at radius 3 is 1.91 bits per heavy atom. The summed E-state index contributed by atoms with van der Waals surface area (Å²) in [5.41, 5.74) is 1.77. The first kappa shape index (κ1) is 16.2. The highest BCUT2D eigenvalue weighted by Gasteiger charge is 2.21. The van der Waals surface area contributed by atoms with Gasteiger partial charge in [-0.2, -0.15) is 0 Å². The van der Waals surface area contributed by atoms with Crippen molar-refractivity contribution in [3.05, 3.63) is 71.8 Å². The Labute approximate surface area is 132 Å². The monoisotopic (exact) mass is 294 g/mol. The van der Waals surface area contributed by atoms with Crippen molar-refractivity contribution in [2.45, 2.75) is 32.6 Å². The average molecular weight is 294 g/mol. The molecule has 2 rings (SSSR count). The van der Waals surface area contributed by atoms with Crippen molar-refractivity contribution < 1.29 is 9.59 Å². The van der Waals surface area contributed by atoms with Crippen LogP contribution in [0.1, 0.15) is 48.5 Å². The van der Waals surface area contributed by atoms with Gasteiger partial charge in [-0.3, -0.25) is 9.59 Å². The van der Waals surface area contributed by atoms with Crippen LogP contribution in [-0.4, -0.2) is 11.6 Å². The van der Waals surface area contributed by atoms with Crippen molar-refractivity contribution >= 4 is 11.6 Å². The summed E-state index contributed by atoms with van der Waals surface area (Å²) in [4.78, 5) is 24.6. The van der Waals surface area contributed by atoms with E-state index in [-0.39, 0.29) is 23.4 Å². The highest BCUT2D eigenvalue weighted by molar-refractivity contribution is 5.97. The average Bonchev–Trinajstić information content (AvgIpc) is 2.55. The molecule has 0 amide bonds. The predicted molar refractivity (Wildman–Crippen MR) is 89.0 cm³/mol. The smallest absolute Gasteiger partial charge is 0.163 e. The summed E-state index contributed by atoms with van der Waals surface area (Å²) >= 11 is 0. The SMILES string of the molecule is CC(C)C(=O)CC(CC(=O)c1ccccc1)c1ccccc1. The van der Waals surface area contributed by atoms with Crippen LogP contribution in [-0.2, 0) is 4.79 Å². The van der Waals surface area contributed by atoms with Gasteiger partial charge in [0, 0.05) is 24.3 Å². The number of benzene rings is 2. The fourth-order valence-corrected chi connectivity index (χ4v) is 2.48. The van der Waals surface area contributed by atoms with Gasteiger partial charge in [0.15, 0.2) is 5.78 Å². The van der Waals surface area contributed by atoms with Gasteiger partial charge in [-0.15, -0.1) is 0 Å². The molecule has 2 aromatic carbocycles. The zero-order valence-electron chi connectivity index (χ0n) is 13.2. The predicted octanol–water partition coefficient (Wildman–Crippen LogP) is 4.66. The normalized spacial score (nSPS) is 12.1. The molecule has 0 fully saturated rings. The van der Waals surface area contributed by atoms with Crippen LogP contribution in [0.4, 0.5) is 0 Å². The molecule has 0 heterocycles. The number of Topliss-reactive ketones (excluding diaryl/α,β-unsaturated/α-hetero) is 2. The quantitative estimate of drug-likeness (QED) is 0.696. The first-order valence-electron chi connectivity index (χ1n) is 7.74. The second kappa shape index (κ2) is 7.69. The van der Waals surface area contributed by atoms with Crippen molar-refractivity contribution in [3.63, 3.8) is 0 Å². The van der Waals surface area contributed by atoms with Crippen LogP contribution in [0.3, 0.4) is 0 Å². The summed E-state index contributed by atoms with van der Waals surface area (Å²) in [6.45, 7) is 3.81. The Bertz CT molecular complexity index is 615. The molecule has 114 valence electrons. The van der Waals surface area contributed by atoms with Crippen molar-refractivity contribution in [2.24, 2.45) is 5.92 Å².